The van der Waals surface area contributed by atoms with Gasteiger partial charge in [0.1, 0.15) is 106 Å². The topological polar surface area (TPSA) is 435 Å². The molecule has 10 atom stereocenters. The van der Waals surface area contributed by atoms with Crippen molar-refractivity contribution < 1.29 is 78.4 Å². The SMILES string of the molecule is C=C(NC(=O)c1csc(-c2nc3c(cc2O)-c2nc(cs2)C(=O)N[C@@H]([C@@H](C)O)C(=O)N/C(=C(/C)OC)c2nc(cs2)C(=O)N[C@@H]([C@H](O)[C@H](O[C@H]2C[C@](C)(O)[C@H](N(C)C)[C@H](C)O2)C(=O)O)c2nc(cs2)C(=O)N[C@@H](CO)c2nc-3cs2)n1)C(N)=O. The van der Waals surface area contributed by atoms with Gasteiger partial charge in [0.2, 0.25) is 5.91 Å². The van der Waals surface area contributed by atoms with E-state index in [0.717, 1.165) is 56.7 Å². The first-order valence-electron chi connectivity index (χ1n) is 24.9. The van der Waals surface area contributed by atoms with Crippen molar-refractivity contribution in [2.24, 2.45) is 5.73 Å². The number of nitrogens with zero attached hydrogens (tertiary/aromatic N) is 7. The molecule has 8 heterocycles. The van der Waals surface area contributed by atoms with Crippen molar-refractivity contribution >= 4 is 104 Å². The van der Waals surface area contributed by atoms with Crippen molar-refractivity contribution in [3.63, 3.8) is 0 Å². The third-order valence-electron chi connectivity index (χ3n) is 13.0. The number of primary amides is 1. The summed E-state index contributed by atoms with van der Waals surface area (Å²) in [5.41, 5.74) is 2.15. The number of allylic oxidation sites excluding steroid dienone is 1. The Morgan fingerprint density at radius 2 is 1.44 bits per heavy atom. The summed E-state index contributed by atoms with van der Waals surface area (Å²) in [6, 6.07) is -4.01. The lowest BCUT2D eigenvalue weighted by Gasteiger charge is -2.47. The van der Waals surface area contributed by atoms with E-state index in [-0.39, 0.29) is 88.3 Å². The second-order valence-corrected chi connectivity index (χ2v) is 23.8. The molecule has 1 fully saturated rings. The summed E-state index contributed by atoms with van der Waals surface area (Å²) >= 11 is 4.34. The van der Waals surface area contributed by atoms with Gasteiger partial charge in [-0.2, -0.15) is 0 Å². The molecule has 0 unspecified atom stereocenters. The summed E-state index contributed by atoms with van der Waals surface area (Å²) in [4.78, 5) is 123. The van der Waals surface area contributed by atoms with Gasteiger partial charge in [0.05, 0.1) is 43.3 Å². The molecule has 8 rings (SSSR count). The molecule has 13 N–H and O–H groups in total. The average Bonchev–Trinajstić information content (AvgIpc) is 2.66. The fraction of sp³-hybridized carbons (Fsp3) is 0.380. The molecule has 8 bridgehead atoms. The maximum Gasteiger partial charge on any atom is 0.335 e. The number of aliphatic carboxylic acids is 1. The third kappa shape index (κ3) is 13.5. The number of methoxy groups -OCH3 is 1. The Morgan fingerprint density at radius 1 is 0.857 bits per heavy atom. The summed E-state index contributed by atoms with van der Waals surface area (Å²) in [5.74, 6) is -7.80. The maximum absolute atomic E-state index is 14.3. The molecule has 1 saturated heterocycles. The molecule has 6 aromatic rings. The number of aromatic hydroxyl groups is 1. The first kappa shape index (κ1) is 62.4. The highest BCUT2D eigenvalue weighted by Gasteiger charge is 2.48. The van der Waals surface area contributed by atoms with Crippen molar-refractivity contribution in [1.29, 1.82) is 0 Å². The number of aliphatic hydroxyl groups excluding tert-OH is 3. The van der Waals surface area contributed by atoms with Gasteiger partial charge in [0.25, 0.3) is 29.5 Å². The number of hydrogen-bond donors (Lipinski definition) is 12. The lowest BCUT2D eigenvalue weighted by atomic mass is 9.85. The second-order valence-electron chi connectivity index (χ2n) is 19.4. The number of ether oxygens (including phenoxy) is 3. The van der Waals surface area contributed by atoms with Crippen LogP contribution in [0.5, 0.6) is 5.75 Å². The van der Waals surface area contributed by atoms with E-state index in [2.05, 4.69) is 53.1 Å². The Bertz CT molecular complexity index is 3570. The van der Waals surface area contributed by atoms with Crippen LogP contribution in [0, 0.1) is 0 Å². The van der Waals surface area contributed by atoms with Gasteiger partial charge < -0.3 is 82.1 Å². The molecule has 0 radical (unpaired) electrons. The zero-order chi connectivity index (χ0) is 61.2. The van der Waals surface area contributed by atoms with Crippen LogP contribution in [0.3, 0.4) is 0 Å². The highest BCUT2D eigenvalue weighted by Crippen LogP contribution is 2.41. The number of carboxylic acid groups (broad SMARTS) is 1. The molecule has 2 aliphatic heterocycles. The summed E-state index contributed by atoms with van der Waals surface area (Å²) < 4.78 is 17.4. The fourth-order valence-corrected chi connectivity index (χ4v) is 13.2. The van der Waals surface area contributed by atoms with Gasteiger partial charge >= 0.3 is 5.97 Å². The zero-order valence-corrected chi connectivity index (χ0v) is 49.4. The van der Waals surface area contributed by atoms with Crippen molar-refractivity contribution in [1.82, 2.24) is 61.4 Å². The number of hydrogen-bond acceptors (Lipinski definition) is 27. The van der Waals surface area contributed by atoms with Crippen molar-refractivity contribution in [2.75, 3.05) is 27.8 Å². The van der Waals surface area contributed by atoms with Crippen molar-refractivity contribution in [3.05, 3.63) is 88.8 Å². The Labute approximate surface area is 496 Å². The highest BCUT2D eigenvalue weighted by atomic mass is 32.1. The van der Waals surface area contributed by atoms with E-state index < -0.39 is 120 Å². The number of carbonyl (C=O) groups is 7. The van der Waals surface area contributed by atoms with E-state index in [4.69, 9.17) is 29.9 Å². The lowest BCUT2D eigenvalue weighted by molar-refractivity contribution is -0.277. The summed E-state index contributed by atoms with van der Waals surface area (Å²) in [6.07, 6.45) is -8.27. The third-order valence-corrected chi connectivity index (χ3v) is 17.5. The summed E-state index contributed by atoms with van der Waals surface area (Å²) in [7, 11) is 4.74. The number of carboxylic acids is 1. The molecule has 2 aliphatic rings. The fourth-order valence-electron chi connectivity index (χ4n) is 9.00. The van der Waals surface area contributed by atoms with E-state index in [1.807, 2.05) is 0 Å². The number of carbonyl (C=O) groups excluding carboxylic acids is 6. The van der Waals surface area contributed by atoms with Crippen LogP contribution in [-0.4, -0.2) is 183 Å². The Morgan fingerprint density at radius 3 is 2.06 bits per heavy atom. The molecule has 446 valence electrons. The minimum absolute atomic E-state index is 0.00547. The van der Waals surface area contributed by atoms with Gasteiger partial charge in [-0.25, -0.2) is 34.7 Å². The minimum Gasteiger partial charge on any atom is -0.506 e. The first-order valence-corrected chi connectivity index (χ1v) is 29.3. The van der Waals surface area contributed by atoms with E-state index in [1.54, 1.807) is 25.9 Å². The predicted molar refractivity (Wildman–Crippen MR) is 303 cm³/mol. The van der Waals surface area contributed by atoms with Gasteiger partial charge in [-0.3, -0.25) is 28.8 Å². The number of pyridine rings is 1. The molecule has 0 saturated carbocycles. The van der Waals surface area contributed by atoms with Crippen LogP contribution < -0.4 is 32.3 Å². The zero-order valence-electron chi connectivity index (χ0n) is 45.3. The van der Waals surface area contributed by atoms with Crippen molar-refractivity contribution in [3.8, 4) is 38.4 Å². The lowest BCUT2D eigenvalue weighted by Crippen LogP contribution is -2.61. The Kier molecular flexibility index (Phi) is 19.1. The van der Waals surface area contributed by atoms with Crippen LogP contribution in [-0.2, 0) is 28.6 Å². The molecule has 34 heteroatoms. The molecule has 0 aliphatic carbocycles. The van der Waals surface area contributed by atoms with Crippen LogP contribution in [0.2, 0.25) is 0 Å². The summed E-state index contributed by atoms with van der Waals surface area (Å²) in [6.45, 7) is 8.55. The van der Waals surface area contributed by atoms with Gasteiger partial charge in [-0.15, -0.1) is 56.7 Å². The predicted octanol–water partition coefficient (Wildman–Crippen LogP) is 1.32. The smallest absolute Gasteiger partial charge is 0.335 e. The number of aromatic nitrogens is 6. The number of amides is 6. The van der Waals surface area contributed by atoms with Crippen LogP contribution in [0.4, 0.5) is 0 Å². The van der Waals surface area contributed by atoms with E-state index in [1.165, 1.54) is 60.8 Å². The second kappa shape index (κ2) is 25.7. The number of rotatable bonds is 13. The van der Waals surface area contributed by atoms with Gasteiger partial charge in [0.15, 0.2) is 12.4 Å². The normalized spacial score (nSPS) is 23.2. The summed E-state index contributed by atoms with van der Waals surface area (Å²) in [5, 5.41) is 86.5. The molecule has 29 nitrogen and oxygen atoms in total. The Balaban J connectivity index is 1.21. The number of fused-ring (bicyclic) bond motifs is 11. The molecular formula is C50H55N13O16S5. The number of thiazole rings is 5. The van der Waals surface area contributed by atoms with Crippen LogP contribution >= 0.6 is 56.7 Å². The largest absolute Gasteiger partial charge is 0.506 e. The Hall–Kier alpha value is -7.61. The quantitative estimate of drug-likeness (QED) is 0.0573. The monoisotopic (exact) mass is 1250 g/mol. The first-order chi connectivity index (χ1) is 39.7. The molecule has 6 aromatic heterocycles. The van der Waals surface area contributed by atoms with Crippen LogP contribution in [0.1, 0.15) is 103 Å². The number of aliphatic hydroxyl groups is 4. The number of nitrogens with one attached hydrogen (secondary N) is 5. The van der Waals surface area contributed by atoms with Crippen LogP contribution in [0.25, 0.3) is 38.4 Å². The minimum atomic E-state index is -2.20. The molecule has 0 aromatic carbocycles. The van der Waals surface area contributed by atoms with Gasteiger partial charge in [-0.05, 0) is 47.9 Å². The standard InChI is InChI=1S/C50H55N13O16S5/c1-17(38(51)68)52-39(69)24-14-83-47(57-24)33-28(66)9-21-32(59-33)23-12-81-45(54-23)22(11-64)53-40(70)25-15-84-48(58-25)34(35(67)36(49(74)75)79-29-10-50(5,76)37(63(6)7)20(4)78-29)62-42(72)27-16-82-46(56-27)31(19(3)77-8)61-43(73)30(18(2)65)60-41(71)26-13-80-44(21)55-26/h9,12-16,18,20,22,29-30,34-37,64-67,76H,1,10-11H2,2-8H3,(H2,51,68)(H,52,69)(H,53,70)(H,60,71)(H,61,73)(H,62,72)(H,74,75)/b31-19-/t18-,20+,22+,29+,30+,34+,35+,36+,37-,50+/m1/s1. The van der Waals surface area contributed by atoms with E-state index >= 15 is 0 Å². The van der Waals surface area contributed by atoms with Gasteiger partial charge in [-0.1, -0.05) is 6.58 Å². The average molecular weight is 1250 g/mol. The number of nitrogens with two attached hydrogens (primary N) is 1. The van der Waals surface area contributed by atoms with Gasteiger partial charge in [0, 0.05) is 38.9 Å². The number of likely N-dealkylation sites (N-methyl/N-ethyl adjacent to an activating group) is 1. The molecular weight excluding hydrogens is 1200 g/mol. The van der Waals surface area contributed by atoms with E-state index in [0.29, 0.717) is 0 Å². The highest BCUT2D eigenvalue weighted by molar-refractivity contribution is 7.14. The molecule has 84 heavy (non-hydrogen) atoms. The van der Waals surface area contributed by atoms with Crippen LogP contribution in [0.15, 0.2) is 51.0 Å². The molecule has 6 amide bonds. The van der Waals surface area contributed by atoms with E-state index in [9.17, 15) is 64.2 Å². The van der Waals surface area contributed by atoms with Crippen molar-refractivity contribution in [2.45, 2.75) is 94.6 Å². The molecule has 0 spiro atoms. The maximum atomic E-state index is 14.3.